The molecule has 0 saturated heterocycles. The maximum absolute atomic E-state index is 14.0. The molecule has 4 nitrogen and oxygen atoms in total. The van der Waals surface area contributed by atoms with Gasteiger partial charge in [0, 0.05) is 24.8 Å². The van der Waals surface area contributed by atoms with Gasteiger partial charge in [-0.15, -0.1) is 11.8 Å². The molecule has 0 aromatic heterocycles. The highest BCUT2D eigenvalue weighted by Gasteiger charge is 2.31. The van der Waals surface area contributed by atoms with Crippen molar-refractivity contribution < 1.29 is 18.4 Å². The van der Waals surface area contributed by atoms with Crippen molar-refractivity contribution in [2.75, 3.05) is 5.75 Å². The smallest absolute Gasteiger partial charge is 0.243 e. The lowest BCUT2D eigenvalue weighted by Crippen LogP contribution is -2.52. The van der Waals surface area contributed by atoms with E-state index in [1.807, 2.05) is 44.2 Å². The first-order chi connectivity index (χ1) is 17.4. The van der Waals surface area contributed by atoms with Crippen LogP contribution in [-0.4, -0.2) is 34.6 Å². The SMILES string of the molecule is CC[C@H](C)NC(=O)[C@@H](Cc1ccccc1)N(Cc1ccc(F)cc1)C(=O)CSCc1ccccc1F. The minimum Gasteiger partial charge on any atom is -0.352 e. The fourth-order valence-electron chi connectivity index (χ4n) is 3.73. The standard InChI is InChI=1S/C29H32F2N2O2S/c1-3-21(2)32-29(35)27(17-22-9-5-4-6-10-22)33(18-23-13-15-25(30)16-14-23)28(34)20-36-19-24-11-7-8-12-26(24)31/h4-16,21,27H,3,17-20H2,1-2H3,(H,32,35)/t21-,27+/m0/s1. The van der Waals surface area contributed by atoms with E-state index in [0.29, 0.717) is 17.7 Å². The Bertz CT molecular complexity index is 1130. The number of carbonyl (C=O) groups is 2. The molecule has 0 saturated carbocycles. The number of amides is 2. The van der Waals surface area contributed by atoms with E-state index in [1.54, 1.807) is 35.2 Å². The number of halogens is 2. The third kappa shape index (κ3) is 8.19. The minimum atomic E-state index is -0.756. The summed E-state index contributed by atoms with van der Waals surface area (Å²) >= 11 is 1.30. The minimum absolute atomic E-state index is 0.0472. The lowest BCUT2D eigenvalue weighted by molar-refractivity contribution is -0.139. The quantitative estimate of drug-likeness (QED) is 0.337. The highest BCUT2D eigenvalue weighted by molar-refractivity contribution is 7.99. The van der Waals surface area contributed by atoms with Gasteiger partial charge >= 0.3 is 0 Å². The van der Waals surface area contributed by atoms with Gasteiger partial charge in [0.05, 0.1) is 5.75 Å². The third-order valence-electron chi connectivity index (χ3n) is 5.98. The van der Waals surface area contributed by atoms with Gasteiger partial charge in [-0.25, -0.2) is 8.78 Å². The van der Waals surface area contributed by atoms with Crippen molar-refractivity contribution in [1.29, 1.82) is 0 Å². The fourth-order valence-corrected chi connectivity index (χ4v) is 4.62. The van der Waals surface area contributed by atoms with Crippen molar-refractivity contribution in [1.82, 2.24) is 10.2 Å². The topological polar surface area (TPSA) is 49.4 Å². The van der Waals surface area contributed by atoms with Crippen molar-refractivity contribution in [3.05, 3.63) is 107 Å². The molecule has 0 unspecified atom stereocenters. The normalized spacial score (nSPS) is 12.6. The van der Waals surface area contributed by atoms with Crippen LogP contribution in [0.5, 0.6) is 0 Å². The Hall–Kier alpha value is -3.19. The molecule has 3 aromatic carbocycles. The highest BCUT2D eigenvalue weighted by Crippen LogP contribution is 2.20. The average Bonchev–Trinajstić information content (AvgIpc) is 2.88. The van der Waals surface area contributed by atoms with Crippen LogP contribution in [0, 0.1) is 11.6 Å². The van der Waals surface area contributed by atoms with Gasteiger partial charge in [-0.2, -0.15) is 0 Å². The van der Waals surface area contributed by atoms with Gasteiger partial charge in [-0.1, -0.05) is 67.6 Å². The zero-order valence-electron chi connectivity index (χ0n) is 20.6. The largest absolute Gasteiger partial charge is 0.352 e. The number of hydrogen-bond donors (Lipinski definition) is 1. The van der Waals surface area contributed by atoms with E-state index in [1.165, 1.54) is 30.0 Å². The lowest BCUT2D eigenvalue weighted by Gasteiger charge is -2.32. The Balaban J connectivity index is 1.85. The Labute approximate surface area is 216 Å². The molecule has 0 aliphatic carbocycles. The van der Waals surface area contributed by atoms with Crippen LogP contribution in [0.4, 0.5) is 8.78 Å². The number of rotatable bonds is 12. The Morgan fingerprint density at radius 1 is 0.917 bits per heavy atom. The number of hydrogen-bond acceptors (Lipinski definition) is 3. The van der Waals surface area contributed by atoms with Crippen molar-refractivity contribution in [3.8, 4) is 0 Å². The van der Waals surface area contributed by atoms with Gasteiger partial charge in [0.1, 0.15) is 17.7 Å². The molecule has 0 aliphatic heterocycles. The van der Waals surface area contributed by atoms with Gasteiger partial charge in [-0.3, -0.25) is 9.59 Å². The van der Waals surface area contributed by atoms with E-state index in [4.69, 9.17) is 0 Å². The van der Waals surface area contributed by atoms with Gasteiger partial charge in [0.15, 0.2) is 0 Å². The van der Waals surface area contributed by atoms with Crippen molar-refractivity contribution in [2.24, 2.45) is 0 Å². The number of benzene rings is 3. The fraction of sp³-hybridized carbons (Fsp3) is 0.310. The number of carbonyl (C=O) groups excluding carboxylic acids is 2. The van der Waals surface area contributed by atoms with Crippen LogP contribution < -0.4 is 5.32 Å². The second kappa shape index (κ2) is 13.8. The molecule has 2 atom stereocenters. The van der Waals surface area contributed by atoms with Crippen LogP contribution in [-0.2, 0) is 28.3 Å². The Morgan fingerprint density at radius 2 is 1.58 bits per heavy atom. The van der Waals surface area contributed by atoms with Crippen molar-refractivity contribution in [2.45, 2.75) is 51.1 Å². The molecular formula is C29H32F2N2O2S. The molecule has 190 valence electrons. The van der Waals surface area contributed by atoms with Crippen LogP contribution >= 0.6 is 11.8 Å². The maximum Gasteiger partial charge on any atom is 0.243 e. The molecule has 3 rings (SSSR count). The summed E-state index contributed by atoms with van der Waals surface area (Å²) < 4.78 is 27.6. The van der Waals surface area contributed by atoms with Gasteiger partial charge in [0.2, 0.25) is 11.8 Å². The van der Waals surface area contributed by atoms with Crippen LogP contribution in [0.2, 0.25) is 0 Å². The van der Waals surface area contributed by atoms with Crippen molar-refractivity contribution in [3.63, 3.8) is 0 Å². The molecule has 36 heavy (non-hydrogen) atoms. The first kappa shape index (κ1) is 27.4. The van der Waals surface area contributed by atoms with Crippen LogP contribution in [0.15, 0.2) is 78.9 Å². The first-order valence-electron chi connectivity index (χ1n) is 12.1. The summed E-state index contributed by atoms with van der Waals surface area (Å²) in [5, 5.41) is 3.02. The second-order valence-electron chi connectivity index (χ2n) is 8.76. The van der Waals surface area contributed by atoms with E-state index in [-0.39, 0.29) is 41.8 Å². The van der Waals surface area contributed by atoms with E-state index >= 15 is 0 Å². The first-order valence-corrected chi connectivity index (χ1v) is 13.2. The average molecular weight is 511 g/mol. The third-order valence-corrected chi connectivity index (χ3v) is 6.95. The summed E-state index contributed by atoms with van der Waals surface area (Å²) in [7, 11) is 0. The summed E-state index contributed by atoms with van der Waals surface area (Å²) in [4.78, 5) is 28.5. The predicted octanol–water partition coefficient (Wildman–Crippen LogP) is 5.75. The molecule has 0 aliphatic rings. The van der Waals surface area contributed by atoms with E-state index in [0.717, 1.165) is 17.5 Å². The zero-order chi connectivity index (χ0) is 25.9. The Morgan fingerprint density at radius 3 is 2.25 bits per heavy atom. The second-order valence-corrected chi connectivity index (χ2v) is 9.74. The van der Waals surface area contributed by atoms with Crippen LogP contribution in [0.25, 0.3) is 0 Å². The number of thioether (sulfide) groups is 1. The summed E-state index contributed by atoms with van der Waals surface area (Å²) in [6.07, 6.45) is 1.10. The predicted molar refractivity (Wildman–Crippen MR) is 141 cm³/mol. The van der Waals surface area contributed by atoms with Crippen LogP contribution in [0.1, 0.15) is 37.0 Å². The summed E-state index contributed by atoms with van der Waals surface area (Å²) in [6, 6.07) is 21.2. The highest BCUT2D eigenvalue weighted by atomic mass is 32.2. The molecule has 0 radical (unpaired) electrons. The molecular weight excluding hydrogens is 478 g/mol. The molecule has 0 spiro atoms. The van der Waals surface area contributed by atoms with Crippen LogP contribution in [0.3, 0.4) is 0 Å². The molecule has 3 aromatic rings. The van der Waals surface area contributed by atoms with E-state index in [2.05, 4.69) is 5.32 Å². The zero-order valence-corrected chi connectivity index (χ0v) is 21.4. The molecule has 2 amide bonds. The number of nitrogens with zero attached hydrogens (tertiary/aromatic N) is 1. The van der Waals surface area contributed by atoms with Crippen molar-refractivity contribution >= 4 is 23.6 Å². The van der Waals surface area contributed by atoms with Gasteiger partial charge in [0.25, 0.3) is 0 Å². The molecule has 7 heteroatoms. The lowest BCUT2D eigenvalue weighted by atomic mass is 10.0. The van der Waals surface area contributed by atoms with E-state index < -0.39 is 6.04 Å². The van der Waals surface area contributed by atoms with Gasteiger partial charge in [-0.05, 0) is 48.2 Å². The summed E-state index contributed by atoms with van der Waals surface area (Å²) in [6.45, 7) is 4.07. The van der Waals surface area contributed by atoms with Gasteiger partial charge < -0.3 is 10.2 Å². The molecule has 0 fully saturated rings. The molecule has 0 bridgehead atoms. The molecule has 0 heterocycles. The van der Waals surface area contributed by atoms with E-state index in [9.17, 15) is 18.4 Å². The molecule has 1 N–H and O–H groups in total. The number of nitrogens with one attached hydrogen (secondary N) is 1. The maximum atomic E-state index is 14.0. The Kier molecular flexibility index (Phi) is 10.5. The summed E-state index contributed by atoms with van der Waals surface area (Å²) in [5.74, 6) is -0.727. The summed E-state index contributed by atoms with van der Waals surface area (Å²) in [5.41, 5.74) is 2.17. The monoisotopic (exact) mass is 510 g/mol.